The van der Waals surface area contributed by atoms with Gasteiger partial charge in [-0.1, -0.05) is 12.1 Å². The van der Waals surface area contributed by atoms with Gasteiger partial charge in [0.1, 0.15) is 11.4 Å². The first-order valence-electron chi connectivity index (χ1n) is 7.56. The van der Waals surface area contributed by atoms with E-state index in [0.717, 1.165) is 5.56 Å². The predicted octanol–water partition coefficient (Wildman–Crippen LogP) is 2.73. The van der Waals surface area contributed by atoms with E-state index >= 15 is 0 Å². The van der Waals surface area contributed by atoms with E-state index in [1.165, 1.54) is 4.90 Å². The van der Waals surface area contributed by atoms with Crippen molar-refractivity contribution in [2.75, 3.05) is 20.2 Å². The second kappa shape index (κ2) is 6.48. The Bertz CT molecular complexity index is 576. The standard InChI is InChI=1S/C17H23NO5/c1-17(2,3)23-16(21)18-9-13(14(10-18)15(19)20)11-5-7-12(22-4)8-6-11/h5-8,13-14H,9-10H2,1-4H3,(H,19,20)/t13-,14-/m1/s1. The fraction of sp³-hybridized carbons (Fsp3) is 0.529. The molecule has 23 heavy (non-hydrogen) atoms. The lowest BCUT2D eigenvalue weighted by Crippen LogP contribution is -2.35. The van der Waals surface area contributed by atoms with Crippen molar-refractivity contribution in [2.45, 2.75) is 32.3 Å². The fourth-order valence-corrected chi connectivity index (χ4v) is 2.72. The van der Waals surface area contributed by atoms with Crippen LogP contribution in [0.4, 0.5) is 4.79 Å². The molecule has 1 fully saturated rings. The van der Waals surface area contributed by atoms with Crippen LogP contribution in [0.15, 0.2) is 24.3 Å². The molecule has 1 heterocycles. The molecule has 126 valence electrons. The monoisotopic (exact) mass is 321 g/mol. The summed E-state index contributed by atoms with van der Waals surface area (Å²) in [6.07, 6.45) is -0.472. The Balaban J connectivity index is 2.17. The maximum atomic E-state index is 12.2. The minimum Gasteiger partial charge on any atom is -0.497 e. The summed E-state index contributed by atoms with van der Waals surface area (Å²) in [6.45, 7) is 5.85. The van der Waals surface area contributed by atoms with E-state index < -0.39 is 23.6 Å². The van der Waals surface area contributed by atoms with E-state index in [4.69, 9.17) is 9.47 Å². The first kappa shape index (κ1) is 17.1. The van der Waals surface area contributed by atoms with Crippen molar-refractivity contribution >= 4 is 12.1 Å². The van der Waals surface area contributed by atoms with Crippen LogP contribution in [0.25, 0.3) is 0 Å². The Morgan fingerprint density at radius 3 is 2.26 bits per heavy atom. The topological polar surface area (TPSA) is 76.1 Å². The van der Waals surface area contributed by atoms with E-state index in [9.17, 15) is 14.7 Å². The highest BCUT2D eigenvalue weighted by Crippen LogP contribution is 2.34. The number of hydrogen-bond acceptors (Lipinski definition) is 4. The first-order chi connectivity index (χ1) is 10.7. The van der Waals surface area contributed by atoms with E-state index in [2.05, 4.69) is 0 Å². The van der Waals surface area contributed by atoms with Crippen LogP contribution in [-0.4, -0.2) is 47.9 Å². The number of methoxy groups -OCH3 is 1. The van der Waals surface area contributed by atoms with Crippen LogP contribution in [0.1, 0.15) is 32.3 Å². The molecule has 1 aromatic carbocycles. The number of likely N-dealkylation sites (tertiary alicyclic amines) is 1. The number of rotatable bonds is 3. The van der Waals surface area contributed by atoms with Gasteiger partial charge in [0.15, 0.2) is 0 Å². The highest BCUT2D eigenvalue weighted by Gasteiger charge is 2.41. The number of carbonyl (C=O) groups excluding carboxylic acids is 1. The van der Waals surface area contributed by atoms with Crippen LogP contribution in [-0.2, 0) is 9.53 Å². The Morgan fingerprint density at radius 2 is 1.78 bits per heavy atom. The van der Waals surface area contributed by atoms with Gasteiger partial charge in [-0.15, -0.1) is 0 Å². The summed E-state index contributed by atoms with van der Waals surface area (Å²) in [4.78, 5) is 25.2. The van der Waals surface area contributed by atoms with Gasteiger partial charge in [0, 0.05) is 19.0 Å². The Labute approximate surface area is 136 Å². The van der Waals surface area contributed by atoms with Gasteiger partial charge >= 0.3 is 12.1 Å². The highest BCUT2D eigenvalue weighted by atomic mass is 16.6. The van der Waals surface area contributed by atoms with Gasteiger partial charge in [-0.3, -0.25) is 4.79 Å². The van der Waals surface area contributed by atoms with Gasteiger partial charge in [0.05, 0.1) is 13.0 Å². The number of benzene rings is 1. The predicted molar refractivity (Wildman–Crippen MR) is 84.7 cm³/mol. The van der Waals surface area contributed by atoms with Crippen LogP contribution >= 0.6 is 0 Å². The maximum Gasteiger partial charge on any atom is 0.410 e. The highest BCUT2D eigenvalue weighted by molar-refractivity contribution is 5.76. The average molecular weight is 321 g/mol. The third kappa shape index (κ3) is 4.15. The van der Waals surface area contributed by atoms with Crippen LogP contribution in [0.5, 0.6) is 5.75 Å². The molecule has 2 atom stereocenters. The van der Waals surface area contributed by atoms with Crippen molar-refractivity contribution in [3.63, 3.8) is 0 Å². The van der Waals surface area contributed by atoms with Crippen molar-refractivity contribution in [3.05, 3.63) is 29.8 Å². The third-order valence-electron chi connectivity index (χ3n) is 3.83. The lowest BCUT2D eigenvalue weighted by Gasteiger charge is -2.24. The molecule has 2 rings (SSSR count). The third-order valence-corrected chi connectivity index (χ3v) is 3.83. The van der Waals surface area contributed by atoms with Crippen LogP contribution in [0.3, 0.4) is 0 Å². The number of ether oxygens (including phenoxy) is 2. The molecule has 1 aliphatic rings. The number of carboxylic acid groups (broad SMARTS) is 1. The summed E-state index contributed by atoms with van der Waals surface area (Å²) in [5, 5.41) is 9.47. The van der Waals surface area contributed by atoms with Gasteiger partial charge in [-0.25, -0.2) is 4.79 Å². The van der Waals surface area contributed by atoms with Gasteiger partial charge in [-0.2, -0.15) is 0 Å². The molecule has 1 amide bonds. The molecule has 6 nitrogen and oxygen atoms in total. The van der Waals surface area contributed by atoms with Crippen molar-refractivity contribution in [1.82, 2.24) is 4.90 Å². The van der Waals surface area contributed by atoms with Crippen LogP contribution < -0.4 is 4.74 Å². The minimum absolute atomic E-state index is 0.154. The summed E-state index contributed by atoms with van der Waals surface area (Å²) in [5.41, 5.74) is 0.276. The van der Waals surface area contributed by atoms with Gasteiger partial charge in [0.25, 0.3) is 0 Å². The quantitative estimate of drug-likeness (QED) is 0.926. The Morgan fingerprint density at radius 1 is 1.17 bits per heavy atom. The zero-order valence-electron chi connectivity index (χ0n) is 13.9. The number of carboxylic acids is 1. The number of aliphatic carboxylic acids is 1. The minimum atomic E-state index is -0.906. The summed E-state index contributed by atoms with van der Waals surface area (Å²) in [7, 11) is 1.58. The second-order valence-electron chi connectivity index (χ2n) is 6.71. The zero-order valence-corrected chi connectivity index (χ0v) is 13.9. The van der Waals surface area contributed by atoms with Crippen molar-refractivity contribution in [3.8, 4) is 5.75 Å². The molecule has 0 aromatic heterocycles. The number of hydrogen-bond donors (Lipinski definition) is 1. The molecule has 0 unspecified atom stereocenters. The molecule has 0 radical (unpaired) electrons. The molecule has 0 aliphatic carbocycles. The molecule has 1 aliphatic heterocycles. The second-order valence-corrected chi connectivity index (χ2v) is 6.71. The largest absolute Gasteiger partial charge is 0.497 e. The molecular weight excluding hydrogens is 298 g/mol. The lowest BCUT2D eigenvalue weighted by molar-refractivity contribution is -0.141. The molecule has 0 bridgehead atoms. The number of carbonyl (C=O) groups is 2. The molecule has 1 saturated heterocycles. The van der Waals surface area contributed by atoms with Crippen LogP contribution in [0, 0.1) is 5.92 Å². The fourth-order valence-electron chi connectivity index (χ4n) is 2.72. The summed E-state index contributed by atoms with van der Waals surface area (Å²) >= 11 is 0. The summed E-state index contributed by atoms with van der Waals surface area (Å²) < 4.78 is 10.5. The van der Waals surface area contributed by atoms with Crippen LogP contribution in [0.2, 0.25) is 0 Å². The van der Waals surface area contributed by atoms with Gasteiger partial charge in [0.2, 0.25) is 0 Å². The first-order valence-corrected chi connectivity index (χ1v) is 7.56. The van der Waals surface area contributed by atoms with E-state index in [1.807, 2.05) is 12.1 Å². The molecule has 1 aromatic rings. The molecule has 0 saturated carbocycles. The average Bonchev–Trinajstić information content (AvgIpc) is 2.91. The lowest BCUT2D eigenvalue weighted by atomic mass is 9.89. The number of amides is 1. The molecule has 6 heteroatoms. The zero-order chi connectivity index (χ0) is 17.2. The molecule has 1 N–H and O–H groups in total. The van der Waals surface area contributed by atoms with Crippen molar-refractivity contribution < 1.29 is 24.2 Å². The molecular formula is C17H23NO5. The van der Waals surface area contributed by atoms with Crippen molar-refractivity contribution in [1.29, 1.82) is 0 Å². The Kier molecular flexibility index (Phi) is 4.82. The molecule has 0 spiro atoms. The Hall–Kier alpha value is -2.24. The van der Waals surface area contributed by atoms with Crippen molar-refractivity contribution in [2.24, 2.45) is 5.92 Å². The number of nitrogens with zero attached hydrogens (tertiary/aromatic N) is 1. The van der Waals surface area contributed by atoms with E-state index in [-0.39, 0.29) is 12.5 Å². The normalized spacial score (nSPS) is 21.1. The van der Waals surface area contributed by atoms with Gasteiger partial charge in [-0.05, 0) is 38.5 Å². The SMILES string of the molecule is COc1ccc([C@H]2CN(C(=O)OC(C)(C)C)C[C@H]2C(=O)O)cc1. The maximum absolute atomic E-state index is 12.2. The smallest absolute Gasteiger partial charge is 0.410 e. The van der Waals surface area contributed by atoms with Gasteiger partial charge < -0.3 is 19.5 Å². The summed E-state index contributed by atoms with van der Waals surface area (Å²) in [5.74, 6) is -1.10. The van der Waals surface area contributed by atoms with E-state index in [1.54, 1.807) is 40.0 Å². The van der Waals surface area contributed by atoms with E-state index in [0.29, 0.717) is 12.3 Å². The summed E-state index contributed by atoms with van der Waals surface area (Å²) in [6, 6.07) is 7.28.